The minimum Gasteiger partial charge on any atom is -0.469 e. The Morgan fingerprint density at radius 1 is 1.11 bits per heavy atom. The summed E-state index contributed by atoms with van der Waals surface area (Å²) in [6.07, 6.45) is 1.63. The van der Waals surface area contributed by atoms with Crippen molar-refractivity contribution in [2.75, 3.05) is 14.2 Å². The van der Waals surface area contributed by atoms with Gasteiger partial charge in [-0.3, -0.25) is 4.79 Å². The molecule has 1 aromatic carbocycles. The third-order valence-corrected chi connectivity index (χ3v) is 4.20. The monoisotopic (exact) mass is 264 g/mol. The zero-order chi connectivity index (χ0) is 14.5. The quantitative estimate of drug-likeness (QED) is 0.740. The van der Waals surface area contributed by atoms with E-state index in [1.807, 2.05) is 39.0 Å². The summed E-state index contributed by atoms with van der Waals surface area (Å²) < 4.78 is 10.5. The smallest absolute Gasteiger partial charge is 0.314 e. The fraction of sp³-hybridized carbons (Fsp3) is 0.562. The van der Waals surface area contributed by atoms with Gasteiger partial charge in [-0.1, -0.05) is 30.3 Å². The molecule has 1 aromatic rings. The van der Waals surface area contributed by atoms with Crippen LogP contribution in [-0.2, 0) is 20.7 Å². The highest BCUT2D eigenvalue weighted by molar-refractivity contribution is 5.77. The van der Waals surface area contributed by atoms with E-state index in [1.165, 1.54) is 12.7 Å². The van der Waals surface area contributed by atoms with Crippen LogP contribution in [0.15, 0.2) is 30.3 Å². The van der Waals surface area contributed by atoms with Crippen LogP contribution in [0.1, 0.15) is 32.8 Å². The van der Waals surface area contributed by atoms with Crippen LogP contribution in [0.25, 0.3) is 0 Å². The van der Waals surface area contributed by atoms with Crippen LogP contribution in [0.2, 0.25) is 0 Å². The van der Waals surface area contributed by atoms with Crippen molar-refractivity contribution in [1.82, 2.24) is 0 Å². The van der Waals surface area contributed by atoms with Crippen molar-refractivity contribution in [3.63, 3.8) is 0 Å². The Morgan fingerprint density at radius 3 is 2.16 bits per heavy atom. The van der Waals surface area contributed by atoms with Crippen LogP contribution in [0.3, 0.4) is 0 Å². The Balaban J connectivity index is 2.83. The molecule has 0 aliphatic carbocycles. The molecule has 1 atom stereocenters. The molecule has 0 amide bonds. The lowest BCUT2D eigenvalue weighted by Crippen LogP contribution is -2.49. The normalized spacial score (nSPS) is 14.8. The van der Waals surface area contributed by atoms with Crippen molar-refractivity contribution >= 4 is 5.97 Å². The predicted octanol–water partition coefficient (Wildman–Crippen LogP) is 3.22. The number of esters is 1. The molecule has 1 unspecified atom stereocenters. The second kappa shape index (κ2) is 6.20. The maximum atomic E-state index is 11.9. The van der Waals surface area contributed by atoms with Gasteiger partial charge in [0, 0.05) is 7.11 Å². The number of ether oxygens (including phenoxy) is 2. The maximum Gasteiger partial charge on any atom is 0.314 e. The molecule has 0 saturated heterocycles. The number of hydrogen-bond donors (Lipinski definition) is 0. The van der Waals surface area contributed by atoms with Crippen LogP contribution in [0.5, 0.6) is 0 Å². The first-order valence-corrected chi connectivity index (χ1v) is 6.55. The SMILES string of the molecule is COC(=O)C(C)(C)C(C)(CCc1ccccc1)OC. The Hall–Kier alpha value is -1.35. The van der Waals surface area contributed by atoms with Gasteiger partial charge in [-0.25, -0.2) is 0 Å². The summed E-state index contributed by atoms with van der Waals surface area (Å²) in [4.78, 5) is 11.9. The third-order valence-electron chi connectivity index (χ3n) is 4.20. The number of aryl methyl sites for hydroxylation is 1. The lowest BCUT2D eigenvalue weighted by atomic mass is 9.73. The summed E-state index contributed by atoms with van der Waals surface area (Å²) in [5.41, 5.74) is -0.00672. The topological polar surface area (TPSA) is 35.5 Å². The van der Waals surface area contributed by atoms with Gasteiger partial charge in [-0.05, 0) is 39.2 Å². The van der Waals surface area contributed by atoms with Gasteiger partial charge in [0.15, 0.2) is 0 Å². The van der Waals surface area contributed by atoms with E-state index in [9.17, 15) is 4.79 Å². The van der Waals surface area contributed by atoms with E-state index >= 15 is 0 Å². The number of benzene rings is 1. The third kappa shape index (κ3) is 3.35. The number of hydrogen-bond acceptors (Lipinski definition) is 3. The molecule has 0 saturated carbocycles. The Labute approximate surface area is 115 Å². The molecule has 0 spiro atoms. The molecule has 0 aliphatic rings. The number of carbonyl (C=O) groups is 1. The first-order chi connectivity index (χ1) is 8.87. The van der Waals surface area contributed by atoms with Gasteiger partial charge >= 0.3 is 5.97 Å². The summed E-state index contributed by atoms with van der Waals surface area (Å²) in [5.74, 6) is -0.245. The molecule has 3 nitrogen and oxygen atoms in total. The molecule has 0 fully saturated rings. The standard InChI is InChI=1S/C16H24O3/c1-15(2,14(17)18-4)16(3,19-5)12-11-13-9-7-6-8-10-13/h6-10H,11-12H2,1-5H3. The van der Waals surface area contributed by atoms with E-state index in [1.54, 1.807) is 7.11 Å². The Morgan fingerprint density at radius 2 is 1.68 bits per heavy atom. The van der Waals surface area contributed by atoms with Crippen LogP contribution in [0, 0.1) is 5.41 Å². The van der Waals surface area contributed by atoms with Gasteiger partial charge < -0.3 is 9.47 Å². The molecule has 0 aliphatic heterocycles. The Kier molecular flexibility index (Phi) is 5.12. The van der Waals surface area contributed by atoms with E-state index < -0.39 is 11.0 Å². The second-order valence-electron chi connectivity index (χ2n) is 5.54. The molecule has 19 heavy (non-hydrogen) atoms. The average molecular weight is 264 g/mol. The van der Waals surface area contributed by atoms with Gasteiger partial charge in [0.1, 0.15) is 0 Å². The van der Waals surface area contributed by atoms with Crippen molar-refractivity contribution in [2.24, 2.45) is 5.41 Å². The molecule has 1 rings (SSSR count). The minimum atomic E-state index is -0.689. The fourth-order valence-corrected chi connectivity index (χ4v) is 2.17. The predicted molar refractivity (Wildman–Crippen MR) is 76.0 cm³/mol. The highest BCUT2D eigenvalue weighted by Gasteiger charge is 2.47. The number of carbonyl (C=O) groups excluding carboxylic acids is 1. The molecular formula is C16H24O3. The minimum absolute atomic E-state index is 0.245. The van der Waals surface area contributed by atoms with Gasteiger partial charge in [0.2, 0.25) is 0 Å². The molecule has 0 radical (unpaired) electrons. The summed E-state index contributed by atoms with van der Waals surface area (Å²) in [5, 5.41) is 0. The van der Waals surface area contributed by atoms with Gasteiger partial charge in [-0.2, -0.15) is 0 Å². The van der Waals surface area contributed by atoms with E-state index in [2.05, 4.69) is 12.1 Å². The molecule has 3 heteroatoms. The van der Waals surface area contributed by atoms with Crippen molar-refractivity contribution in [3.05, 3.63) is 35.9 Å². The largest absolute Gasteiger partial charge is 0.469 e. The van der Waals surface area contributed by atoms with Crippen molar-refractivity contribution in [3.8, 4) is 0 Å². The summed E-state index contributed by atoms with van der Waals surface area (Å²) in [6, 6.07) is 10.2. The van der Waals surface area contributed by atoms with Crippen LogP contribution < -0.4 is 0 Å². The highest BCUT2D eigenvalue weighted by Crippen LogP contribution is 2.38. The van der Waals surface area contributed by atoms with E-state index in [0.29, 0.717) is 0 Å². The van der Waals surface area contributed by atoms with Crippen LogP contribution in [0.4, 0.5) is 0 Å². The molecule has 0 N–H and O–H groups in total. The molecule has 0 aromatic heterocycles. The first kappa shape index (κ1) is 15.7. The zero-order valence-corrected chi connectivity index (χ0v) is 12.5. The molecule has 106 valence electrons. The van der Waals surface area contributed by atoms with E-state index in [0.717, 1.165) is 12.8 Å². The van der Waals surface area contributed by atoms with Crippen molar-refractivity contribution in [2.45, 2.75) is 39.2 Å². The van der Waals surface area contributed by atoms with E-state index in [4.69, 9.17) is 9.47 Å². The Bertz CT molecular complexity index is 411. The van der Waals surface area contributed by atoms with Crippen LogP contribution in [-0.4, -0.2) is 25.8 Å². The molecule has 0 heterocycles. The second-order valence-corrected chi connectivity index (χ2v) is 5.54. The lowest BCUT2D eigenvalue weighted by molar-refractivity contribution is -0.171. The average Bonchev–Trinajstić information content (AvgIpc) is 2.44. The number of methoxy groups -OCH3 is 2. The fourth-order valence-electron chi connectivity index (χ4n) is 2.17. The molecule has 0 bridgehead atoms. The summed E-state index contributed by atoms with van der Waals surface area (Å²) in [6.45, 7) is 5.70. The van der Waals surface area contributed by atoms with Gasteiger partial charge in [-0.15, -0.1) is 0 Å². The lowest BCUT2D eigenvalue weighted by Gasteiger charge is -2.41. The first-order valence-electron chi connectivity index (χ1n) is 6.55. The number of rotatable bonds is 6. The van der Waals surface area contributed by atoms with E-state index in [-0.39, 0.29) is 5.97 Å². The van der Waals surface area contributed by atoms with Gasteiger partial charge in [0.05, 0.1) is 18.1 Å². The zero-order valence-electron chi connectivity index (χ0n) is 12.5. The van der Waals surface area contributed by atoms with Gasteiger partial charge in [0.25, 0.3) is 0 Å². The summed E-state index contributed by atoms with van der Waals surface area (Å²) in [7, 11) is 3.06. The van der Waals surface area contributed by atoms with Crippen molar-refractivity contribution in [1.29, 1.82) is 0 Å². The van der Waals surface area contributed by atoms with Crippen LogP contribution >= 0.6 is 0 Å². The van der Waals surface area contributed by atoms with Crippen molar-refractivity contribution < 1.29 is 14.3 Å². The highest BCUT2D eigenvalue weighted by atomic mass is 16.5. The molecular weight excluding hydrogens is 240 g/mol. The summed E-state index contributed by atoms with van der Waals surface area (Å²) >= 11 is 0. The maximum absolute atomic E-state index is 11.9.